The number of rotatable bonds is 4. The lowest BCUT2D eigenvalue weighted by Crippen LogP contribution is -2.35. The molecule has 8 heteroatoms. The van der Waals surface area contributed by atoms with Crippen LogP contribution in [0.1, 0.15) is 37.3 Å². The van der Waals surface area contributed by atoms with Crippen molar-refractivity contribution in [1.82, 2.24) is 9.97 Å². The summed E-state index contributed by atoms with van der Waals surface area (Å²) in [6.07, 6.45) is 3.30. The van der Waals surface area contributed by atoms with E-state index in [2.05, 4.69) is 15.3 Å². The summed E-state index contributed by atoms with van der Waals surface area (Å²) < 4.78 is 22.9. The number of nitrogens with zero attached hydrogens (tertiary/aromatic N) is 2. The van der Waals surface area contributed by atoms with E-state index in [-0.39, 0.29) is 23.5 Å². The summed E-state index contributed by atoms with van der Waals surface area (Å²) in [7, 11) is -2.81. The van der Waals surface area contributed by atoms with Crippen molar-refractivity contribution >= 4 is 21.6 Å². The molecule has 2 aliphatic rings. The van der Waals surface area contributed by atoms with E-state index in [1.165, 1.54) is 0 Å². The minimum absolute atomic E-state index is 0.266. The highest BCUT2D eigenvalue weighted by atomic mass is 32.2. The standard InChI is InChI=1S/C14H23N5O2S/c15-11-5-10(6-11)12-7-13(19-14(16)18-12)17-8-9-1-3-22(20,21)4-2-9/h7,9-11H,1-6,8,15H2,(H3,16,17,18,19). The van der Waals surface area contributed by atoms with Crippen molar-refractivity contribution in [2.24, 2.45) is 11.7 Å². The van der Waals surface area contributed by atoms with Gasteiger partial charge in [0.2, 0.25) is 5.95 Å². The number of anilines is 2. The van der Waals surface area contributed by atoms with Crippen molar-refractivity contribution in [3.63, 3.8) is 0 Å². The van der Waals surface area contributed by atoms with E-state index in [9.17, 15) is 8.42 Å². The first-order valence-corrected chi connectivity index (χ1v) is 9.58. The second-order valence-corrected chi connectivity index (χ2v) is 8.74. The lowest BCUT2D eigenvalue weighted by Gasteiger charge is -2.32. The summed E-state index contributed by atoms with van der Waals surface area (Å²) in [6.45, 7) is 0.718. The van der Waals surface area contributed by atoms with E-state index < -0.39 is 9.84 Å². The molecule has 0 bridgehead atoms. The van der Waals surface area contributed by atoms with Gasteiger partial charge in [0.15, 0.2) is 0 Å². The van der Waals surface area contributed by atoms with Crippen LogP contribution in [-0.4, -0.2) is 42.5 Å². The van der Waals surface area contributed by atoms with Crippen molar-refractivity contribution in [2.45, 2.75) is 37.6 Å². The van der Waals surface area contributed by atoms with Crippen LogP contribution in [0.5, 0.6) is 0 Å². The maximum atomic E-state index is 11.4. The van der Waals surface area contributed by atoms with Gasteiger partial charge in [0, 0.05) is 24.6 Å². The molecule has 7 nitrogen and oxygen atoms in total. The van der Waals surface area contributed by atoms with Gasteiger partial charge in [-0.3, -0.25) is 0 Å². The maximum Gasteiger partial charge on any atom is 0.222 e. The molecule has 1 aromatic rings. The van der Waals surface area contributed by atoms with Crippen LogP contribution in [0.3, 0.4) is 0 Å². The minimum atomic E-state index is -2.81. The summed E-state index contributed by atoms with van der Waals surface area (Å²) in [5.74, 6) is 2.30. The zero-order valence-electron chi connectivity index (χ0n) is 12.5. The highest BCUT2D eigenvalue weighted by Gasteiger charge is 2.29. The van der Waals surface area contributed by atoms with E-state index >= 15 is 0 Å². The van der Waals surface area contributed by atoms with Crippen molar-refractivity contribution in [1.29, 1.82) is 0 Å². The van der Waals surface area contributed by atoms with Gasteiger partial charge in [-0.25, -0.2) is 13.4 Å². The number of sulfone groups is 1. The molecule has 2 heterocycles. The highest BCUT2D eigenvalue weighted by Crippen LogP contribution is 2.35. The number of nitrogens with two attached hydrogens (primary N) is 2. The first-order valence-electron chi connectivity index (χ1n) is 7.75. The Morgan fingerprint density at radius 2 is 1.91 bits per heavy atom. The van der Waals surface area contributed by atoms with Gasteiger partial charge >= 0.3 is 0 Å². The van der Waals surface area contributed by atoms with Gasteiger partial charge < -0.3 is 16.8 Å². The summed E-state index contributed by atoms with van der Waals surface area (Å²) in [4.78, 5) is 8.51. The van der Waals surface area contributed by atoms with Gasteiger partial charge in [-0.05, 0) is 31.6 Å². The molecule has 22 heavy (non-hydrogen) atoms. The summed E-state index contributed by atoms with van der Waals surface area (Å²) in [5, 5.41) is 3.28. The first kappa shape index (κ1) is 15.5. The second-order valence-electron chi connectivity index (χ2n) is 6.44. The Balaban J connectivity index is 1.58. The number of nitrogens with one attached hydrogen (secondary N) is 1. The number of hydrogen-bond donors (Lipinski definition) is 3. The monoisotopic (exact) mass is 325 g/mol. The zero-order valence-corrected chi connectivity index (χ0v) is 13.3. The third-order valence-corrected chi connectivity index (χ3v) is 6.32. The van der Waals surface area contributed by atoms with E-state index in [0.29, 0.717) is 24.7 Å². The topological polar surface area (TPSA) is 124 Å². The zero-order chi connectivity index (χ0) is 15.7. The molecule has 5 N–H and O–H groups in total. The van der Waals surface area contributed by atoms with Gasteiger partial charge in [0.25, 0.3) is 0 Å². The molecule has 1 saturated carbocycles. The smallest absolute Gasteiger partial charge is 0.222 e. The van der Waals surface area contributed by atoms with Gasteiger partial charge in [-0.2, -0.15) is 4.98 Å². The average molecular weight is 325 g/mol. The molecule has 122 valence electrons. The fourth-order valence-electron chi connectivity index (χ4n) is 3.08. The Morgan fingerprint density at radius 1 is 1.23 bits per heavy atom. The van der Waals surface area contributed by atoms with Gasteiger partial charge in [-0.1, -0.05) is 0 Å². The van der Waals surface area contributed by atoms with Crippen molar-refractivity contribution in [3.05, 3.63) is 11.8 Å². The molecule has 0 atom stereocenters. The molecule has 1 aromatic heterocycles. The molecule has 0 aromatic carbocycles. The average Bonchev–Trinajstić information content (AvgIpc) is 2.42. The van der Waals surface area contributed by atoms with Crippen LogP contribution in [0.2, 0.25) is 0 Å². The normalized spacial score (nSPS) is 28.0. The third kappa shape index (κ3) is 3.67. The molecular weight excluding hydrogens is 302 g/mol. The van der Waals surface area contributed by atoms with E-state index in [0.717, 1.165) is 30.9 Å². The maximum absolute atomic E-state index is 11.4. The molecule has 2 fully saturated rings. The van der Waals surface area contributed by atoms with Gasteiger partial charge in [-0.15, -0.1) is 0 Å². The van der Waals surface area contributed by atoms with Crippen LogP contribution in [0.15, 0.2) is 6.07 Å². The minimum Gasteiger partial charge on any atom is -0.370 e. The lowest BCUT2D eigenvalue weighted by atomic mass is 9.78. The number of hydrogen-bond acceptors (Lipinski definition) is 7. The Labute approximate surface area is 130 Å². The van der Waals surface area contributed by atoms with Crippen molar-refractivity contribution in [2.75, 3.05) is 29.1 Å². The number of aromatic nitrogens is 2. The van der Waals surface area contributed by atoms with Crippen LogP contribution in [0.25, 0.3) is 0 Å². The second kappa shape index (κ2) is 6.00. The van der Waals surface area contributed by atoms with Crippen molar-refractivity contribution in [3.8, 4) is 0 Å². The number of nitrogen functional groups attached to an aromatic ring is 1. The fraction of sp³-hybridized carbons (Fsp3) is 0.714. The molecule has 0 unspecified atom stereocenters. The van der Waals surface area contributed by atoms with Crippen LogP contribution in [0, 0.1) is 5.92 Å². The molecule has 1 aliphatic carbocycles. The van der Waals surface area contributed by atoms with Crippen LogP contribution in [-0.2, 0) is 9.84 Å². The Kier molecular flexibility index (Phi) is 4.22. The molecule has 1 aliphatic heterocycles. The summed E-state index contributed by atoms with van der Waals surface area (Å²) >= 11 is 0. The Bertz CT molecular complexity index is 629. The largest absolute Gasteiger partial charge is 0.370 e. The Morgan fingerprint density at radius 3 is 2.55 bits per heavy atom. The Hall–Kier alpha value is -1.41. The van der Waals surface area contributed by atoms with Crippen molar-refractivity contribution < 1.29 is 8.42 Å². The highest BCUT2D eigenvalue weighted by molar-refractivity contribution is 7.91. The molecule has 1 saturated heterocycles. The van der Waals surface area contributed by atoms with Crippen LogP contribution >= 0.6 is 0 Å². The van der Waals surface area contributed by atoms with E-state index in [1.807, 2.05) is 6.07 Å². The van der Waals surface area contributed by atoms with Gasteiger partial charge in [0.05, 0.1) is 17.2 Å². The quantitative estimate of drug-likeness (QED) is 0.736. The van der Waals surface area contributed by atoms with E-state index in [4.69, 9.17) is 11.5 Å². The molecule has 0 spiro atoms. The first-order chi connectivity index (χ1) is 10.4. The van der Waals surface area contributed by atoms with E-state index in [1.54, 1.807) is 0 Å². The molecule has 0 amide bonds. The van der Waals surface area contributed by atoms with Crippen LogP contribution in [0.4, 0.5) is 11.8 Å². The van der Waals surface area contributed by atoms with Crippen LogP contribution < -0.4 is 16.8 Å². The predicted molar refractivity (Wildman–Crippen MR) is 86.3 cm³/mol. The summed E-state index contributed by atoms with van der Waals surface area (Å²) in [6, 6.07) is 2.20. The fourth-order valence-corrected chi connectivity index (χ4v) is 4.67. The molecular formula is C14H23N5O2S. The van der Waals surface area contributed by atoms with Gasteiger partial charge in [0.1, 0.15) is 15.7 Å². The molecule has 0 radical (unpaired) electrons. The predicted octanol–water partition coefficient (Wildman–Crippen LogP) is 0.500. The molecule has 3 rings (SSSR count). The summed E-state index contributed by atoms with van der Waals surface area (Å²) in [5.41, 5.74) is 12.6. The third-order valence-electron chi connectivity index (χ3n) is 4.60. The lowest BCUT2D eigenvalue weighted by molar-refractivity contribution is 0.345. The SMILES string of the molecule is Nc1nc(NCC2CCS(=O)(=O)CC2)cc(C2CC(N)C2)n1.